The third-order valence-corrected chi connectivity index (χ3v) is 2.59. The fourth-order valence-electron chi connectivity index (χ4n) is 1.57. The van der Waals surface area contributed by atoms with Crippen molar-refractivity contribution in [2.24, 2.45) is 0 Å². The maximum atomic E-state index is 11.8. The van der Waals surface area contributed by atoms with Crippen LogP contribution in [-0.2, 0) is 20.9 Å². The molecule has 8 heteroatoms. The fraction of sp³-hybridized carbons (Fsp3) is 0.615. The Morgan fingerprint density at radius 3 is 2.90 bits per heavy atom. The molecule has 21 heavy (non-hydrogen) atoms. The average Bonchev–Trinajstić information content (AvgIpc) is 2.44. The van der Waals surface area contributed by atoms with Gasteiger partial charge < -0.3 is 25.8 Å². The molecule has 1 heterocycles. The Morgan fingerprint density at radius 2 is 2.24 bits per heavy atom. The summed E-state index contributed by atoms with van der Waals surface area (Å²) >= 11 is 0. The van der Waals surface area contributed by atoms with Crippen molar-refractivity contribution in [2.75, 3.05) is 37.9 Å². The van der Waals surface area contributed by atoms with Gasteiger partial charge in [-0.3, -0.25) is 4.79 Å². The molecule has 1 aromatic rings. The van der Waals surface area contributed by atoms with Gasteiger partial charge in [0.1, 0.15) is 24.3 Å². The highest BCUT2D eigenvalue weighted by Crippen LogP contribution is 2.10. The molecule has 1 atom stereocenters. The molecule has 0 bridgehead atoms. The summed E-state index contributed by atoms with van der Waals surface area (Å²) in [7, 11) is 1.58. The Labute approximate surface area is 124 Å². The van der Waals surface area contributed by atoms with Crippen LogP contribution in [0.15, 0.2) is 6.07 Å². The number of nitrogen functional groups attached to an aromatic ring is 1. The summed E-state index contributed by atoms with van der Waals surface area (Å²) in [5.74, 6) is 1.16. The SMILES string of the molecule is CCOCc1nc(N)cc(NC(C)C(=O)NCCOC)n1. The van der Waals surface area contributed by atoms with Crippen molar-refractivity contribution < 1.29 is 14.3 Å². The van der Waals surface area contributed by atoms with E-state index in [1.165, 1.54) is 0 Å². The minimum atomic E-state index is -0.448. The van der Waals surface area contributed by atoms with E-state index in [4.69, 9.17) is 15.2 Å². The first-order valence-corrected chi connectivity index (χ1v) is 6.81. The van der Waals surface area contributed by atoms with Gasteiger partial charge in [-0.2, -0.15) is 0 Å². The molecule has 1 aromatic heterocycles. The van der Waals surface area contributed by atoms with Crippen molar-refractivity contribution in [3.63, 3.8) is 0 Å². The summed E-state index contributed by atoms with van der Waals surface area (Å²) in [4.78, 5) is 20.2. The number of hydrogen-bond acceptors (Lipinski definition) is 7. The summed E-state index contributed by atoms with van der Waals surface area (Å²) in [5, 5.41) is 5.73. The molecule has 4 N–H and O–H groups in total. The number of carbonyl (C=O) groups excluding carboxylic acids is 1. The first-order valence-electron chi connectivity index (χ1n) is 6.81. The van der Waals surface area contributed by atoms with E-state index in [0.29, 0.717) is 37.2 Å². The topological polar surface area (TPSA) is 111 Å². The molecule has 0 fully saturated rings. The normalized spacial score (nSPS) is 12.0. The third-order valence-electron chi connectivity index (χ3n) is 2.59. The minimum Gasteiger partial charge on any atom is -0.384 e. The number of nitrogens with two attached hydrogens (primary N) is 1. The van der Waals surface area contributed by atoms with E-state index in [1.807, 2.05) is 6.92 Å². The highest BCUT2D eigenvalue weighted by Gasteiger charge is 2.13. The van der Waals surface area contributed by atoms with E-state index < -0.39 is 6.04 Å². The highest BCUT2D eigenvalue weighted by atomic mass is 16.5. The van der Waals surface area contributed by atoms with Crippen molar-refractivity contribution in [1.82, 2.24) is 15.3 Å². The first-order chi connectivity index (χ1) is 10.1. The molecule has 1 amide bonds. The summed E-state index contributed by atoms with van der Waals surface area (Å²) in [6, 6.07) is 1.13. The molecule has 8 nitrogen and oxygen atoms in total. The summed E-state index contributed by atoms with van der Waals surface area (Å²) in [5.41, 5.74) is 5.72. The van der Waals surface area contributed by atoms with Gasteiger partial charge in [-0.25, -0.2) is 9.97 Å². The standard InChI is InChI=1S/C13H23N5O3/c1-4-21-8-12-17-10(14)7-11(18-12)16-9(2)13(19)15-5-6-20-3/h7,9H,4-6,8H2,1-3H3,(H,15,19)(H3,14,16,17,18). The lowest BCUT2D eigenvalue weighted by molar-refractivity contribution is -0.121. The van der Waals surface area contributed by atoms with Crippen LogP contribution in [0.25, 0.3) is 0 Å². The Morgan fingerprint density at radius 1 is 1.48 bits per heavy atom. The molecule has 0 spiro atoms. The zero-order valence-corrected chi connectivity index (χ0v) is 12.7. The maximum absolute atomic E-state index is 11.8. The number of rotatable bonds is 9. The van der Waals surface area contributed by atoms with Gasteiger partial charge in [0.05, 0.1) is 6.61 Å². The summed E-state index contributed by atoms with van der Waals surface area (Å²) in [6.07, 6.45) is 0. The number of nitrogens with zero attached hydrogens (tertiary/aromatic N) is 2. The zero-order chi connectivity index (χ0) is 15.7. The van der Waals surface area contributed by atoms with Gasteiger partial charge in [-0.15, -0.1) is 0 Å². The summed E-state index contributed by atoms with van der Waals surface area (Å²) < 4.78 is 10.1. The second-order valence-electron chi connectivity index (χ2n) is 4.38. The number of nitrogens with one attached hydrogen (secondary N) is 2. The second-order valence-corrected chi connectivity index (χ2v) is 4.38. The quantitative estimate of drug-likeness (QED) is 0.557. The van der Waals surface area contributed by atoms with Crippen molar-refractivity contribution in [3.05, 3.63) is 11.9 Å². The largest absolute Gasteiger partial charge is 0.384 e. The Kier molecular flexibility index (Phi) is 7.41. The molecule has 0 aliphatic carbocycles. The van der Waals surface area contributed by atoms with Crippen LogP contribution in [-0.4, -0.2) is 48.8 Å². The molecule has 0 aliphatic heterocycles. The minimum absolute atomic E-state index is 0.143. The smallest absolute Gasteiger partial charge is 0.242 e. The highest BCUT2D eigenvalue weighted by molar-refractivity contribution is 5.83. The third kappa shape index (κ3) is 6.37. The van der Waals surface area contributed by atoms with Crippen molar-refractivity contribution in [1.29, 1.82) is 0 Å². The van der Waals surface area contributed by atoms with Crippen LogP contribution < -0.4 is 16.4 Å². The number of anilines is 2. The molecule has 0 aromatic carbocycles. The second kappa shape index (κ2) is 9.09. The van der Waals surface area contributed by atoms with Crippen LogP contribution in [0.1, 0.15) is 19.7 Å². The van der Waals surface area contributed by atoms with E-state index in [1.54, 1.807) is 20.1 Å². The number of carbonyl (C=O) groups is 1. The van der Waals surface area contributed by atoms with Gasteiger partial charge in [-0.1, -0.05) is 0 Å². The number of hydrogen-bond donors (Lipinski definition) is 3. The number of methoxy groups -OCH3 is 1. The molecule has 0 saturated heterocycles. The van der Waals surface area contributed by atoms with Gasteiger partial charge >= 0.3 is 0 Å². The predicted octanol–water partition coefficient (Wildman–Crippen LogP) is 0.158. The summed E-state index contributed by atoms with van der Waals surface area (Å²) in [6.45, 7) is 5.41. The van der Waals surface area contributed by atoms with Gasteiger partial charge in [0.2, 0.25) is 5.91 Å². The Balaban J connectivity index is 2.60. The molecule has 0 radical (unpaired) electrons. The van der Waals surface area contributed by atoms with Crippen molar-refractivity contribution in [3.8, 4) is 0 Å². The molecule has 0 aliphatic rings. The lowest BCUT2D eigenvalue weighted by atomic mass is 10.3. The molecule has 1 rings (SSSR count). The van der Waals surface area contributed by atoms with Crippen LogP contribution >= 0.6 is 0 Å². The number of amides is 1. The zero-order valence-electron chi connectivity index (χ0n) is 12.7. The Bertz CT molecular complexity index is 455. The molecular formula is C13H23N5O3. The van der Waals surface area contributed by atoms with E-state index >= 15 is 0 Å². The number of ether oxygens (including phenoxy) is 2. The van der Waals surface area contributed by atoms with E-state index in [2.05, 4.69) is 20.6 Å². The Hall–Kier alpha value is -1.93. The van der Waals surface area contributed by atoms with E-state index in [0.717, 1.165) is 0 Å². The van der Waals surface area contributed by atoms with E-state index in [9.17, 15) is 4.79 Å². The lowest BCUT2D eigenvalue weighted by Gasteiger charge is -2.15. The van der Waals surface area contributed by atoms with E-state index in [-0.39, 0.29) is 12.5 Å². The fourth-order valence-corrected chi connectivity index (χ4v) is 1.57. The van der Waals surface area contributed by atoms with Crippen LogP contribution in [0, 0.1) is 0 Å². The van der Waals surface area contributed by atoms with Crippen LogP contribution in [0.2, 0.25) is 0 Å². The average molecular weight is 297 g/mol. The molecule has 1 unspecified atom stereocenters. The monoisotopic (exact) mass is 297 g/mol. The van der Waals surface area contributed by atoms with Crippen molar-refractivity contribution >= 4 is 17.5 Å². The van der Waals surface area contributed by atoms with Crippen molar-refractivity contribution in [2.45, 2.75) is 26.5 Å². The van der Waals surface area contributed by atoms with Crippen LogP contribution in [0.4, 0.5) is 11.6 Å². The molecular weight excluding hydrogens is 274 g/mol. The van der Waals surface area contributed by atoms with Gasteiger partial charge in [0.25, 0.3) is 0 Å². The molecule has 118 valence electrons. The predicted molar refractivity (Wildman–Crippen MR) is 79.7 cm³/mol. The maximum Gasteiger partial charge on any atom is 0.242 e. The molecule has 0 saturated carbocycles. The lowest BCUT2D eigenvalue weighted by Crippen LogP contribution is -2.39. The number of aromatic nitrogens is 2. The first kappa shape index (κ1) is 17.1. The van der Waals surface area contributed by atoms with Crippen LogP contribution in [0.5, 0.6) is 0 Å². The van der Waals surface area contributed by atoms with Gasteiger partial charge in [0.15, 0.2) is 5.82 Å². The van der Waals surface area contributed by atoms with Crippen LogP contribution in [0.3, 0.4) is 0 Å². The van der Waals surface area contributed by atoms with Gasteiger partial charge in [-0.05, 0) is 13.8 Å². The van der Waals surface area contributed by atoms with Gasteiger partial charge in [0, 0.05) is 26.3 Å².